The van der Waals surface area contributed by atoms with Crippen LogP contribution in [0.4, 0.5) is 0 Å². The van der Waals surface area contributed by atoms with Crippen molar-refractivity contribution in [1.29, 1.82) is 0 Å². The molecule has 0 saturated heterocycles. The molecule has 0 radical (unpaired) electrons. The Morgan fingerprint density at radius 1 is 1.57 bits per heavy atom. The summed E-state index contributed by atoms with van der Waals surface area (Å²) in [4.78, 5) is 1.43. The van der Waals surface area contributed by atoms with Gasteiger partial charge in [-0.25, -0.2) is 0 Å². The van der Waals surface area contributed by atoms with Crippen LogP contribution >= 0.6 is 27.3 Å². The van der Waals surface area contributed by atoms with Crippen LogP contribution in [0.5, 0.6) is 0 Å². The molecule has 1 heterocycles. The Kier molecular flexibility index (Phi) is 3.63. The Balaban J connectivity index is 1.82. The van der Waals surface area contributed by atoms with Gasteiger partial charge in [-0.15, -0.1) is 11.3 Å². The molecule has 0 aliphatic heterocycles. The lowest BCUT2D eigenvalue weighted by Gasteiger charge is -2.16. The quantitative estimate of drug-likeness (QED) is 0.884. The van der Waals surface area contributed by atoms with Crippen molar-refractivity contribution in [2.75, 3.05) is 0 Å². The molecule has 0 amide bonds. The zero-order valence-corrected chi connectivity index (χ0v) is 10.8. The molecule has 0 spiro atoms. The Hall–Kier alpha value is 0.140. The van der Waals surface area contributed by atoms with Gasteiger partial charge in [-0.2, -0.15) is 0 Å². The largest absolute Gasteiger partial charge is 0.309 e. The number of halogens is 1. The van der Waals surface area contributed by atoms with Crippen LogP contribution in [0.3, 0.4) is 0 Å². The maximum Gasteiger partial charge on any atom is 0.0302 e. The van der Waals surface area contributed by atoms with Crippen molar-refractivity contribution in [1.82, 2.24) is 5.32 Å². The maximum atomic E-state index is 3.65. The molecule has 14 heavy (non-hydrogen) atoms. The summed E-state index contributed by atoms with van der Waals surface area (Å²) in [6.07, 6.45) is 4.15. The van der Waals surface area contributed by atoms with E-state index in [1.165, 1.54) is 28.6 Å². The van der Waals surface area contributed by atoms with E-state index in [-0.39, 0.29) is 0 Å². The zero-order valence-electron chi connectivity index (χ0n) is 8.42. The number of nitrogens with one attached hydrogen (secondary N) is 1. The maximum absolute atomic E-state index is 3.65. The van der Waals surface area contributed by atoms with E-state index in [4.69, 9.17) is 0 Å². The molecule has 0 bridgehead atoms. The molecule has 2 rings (SSSR count). The van der Waals surface area contributed by atoms with Gasteiger partial charge in [0, 0.05) is 27.3 Å². The van der Waals surface area contributed by atoms with Crippen molar-refractivity contribution in [2.45, 2.75) is 38.8 Å². The number of thiophene rings is 1. The van der Waals surface area contributed by atoms with E-state index in [9.17, 15) is 0 Å². The van der Waals surface area contributed by atoms with E-state index < -0.39 is 0 Å². The fraction of sp³-hybridized carbons (Fsp3) is 0.636. The topological polar surface area (TPSA) is 12.0 Å². The lowest BCUT2D eigenvalue weighted by Crippen LogP contribution is -2.30. The van der Waals surface area contributed by atoms with Gasteiger partial charge in [-0.1, -0.05) is 13.3 Å². The fourth-order valence-electron chi connectivity index (χ4n) is 2.13. The Labute approximate surface area is 98.0 Å². The van der Waals surface area contributed by atoms with Gasteiger partial charge in [-0.3, -0.25) is 0 Å². The summed E-state index contributed by atoms with van der Waals surface area (Å²) in [6, 6.07) is 2.95. The SMILES string of the molecule is C[C@@H]1CCC[C@@H]1NCc1cc(Br)cs1. The second-order valence-electron chi connectivity index (χ2n) is 4.13. The minimum atomic E-state index is 0.746. The first-order chi connectivity index (χ1) is 6.75. The normalized spacial score (nSPS) is 27.0. The molecule has 1 saturated carbocycles. The molecule has 1 aliphatic rings. The van der Waals surface area contributed by atoms with Gasteiger partial charge in [0.15, 0.2) is 0 Å². The smallest absolute Gasteiger partial charge is 0.0302 e. The summed E-state index contributed by atoms with van der Waals surface area (Å²) < 4.78 is 1.21. The third kappa shape index (κ3) is 2.59. The van der Waals surface area contributed by atoms with E-state index in [2.05, 4.69) is 39.6 Å². The van der Waals surface area contributed by atoms with Crippen LogP contribution in [-0.2, 0) is 6.54 Å². The van der Waals surface area contributed by atoms with Gasteiger partial charge in [0.05, 0.1) is 0 Å². The molecule has 2 atom stereocenters. The van der Waals surface area contributed by atoms with Gasteiger partial charge in [0.1, 0.15) is 0 Å². The molecule has 0 aromatic carbocycles. The van der Waals surface area contributed by atoms with Gasteiger partial charge in [0.25, 0.3) is 0 Å². The molecule has 1 aromatic heterocycles. The monoisotopic (exact) mass is 273 g/mol. The Morgan fingerprint density at radius 3 is 3.00 bits per heavy atom. The average Bonchev–Trinajstić information content (AvgIpc) is 2.72. The first kappa shape index (κ1) is 10.7. The van der Waals surface area contributed by atoms with Crippen LogP contribution in [0.15, 0.2) is 15.9 Å². The first-order valence-corrected chi connectivity index (χ1v) is 6.89. The van der Waals surface area contributed by atoms with Crippen molar-refractivity contribution in [2.24, 2.45) is 5.92 Å². The molecule has 1 N–H and O–H groups in total. The molecule has 78 valence electrons. The zero-order chi connectivity index (χ0) is 9.97. The van der Waals surface area contributed by atoms with Crippen molar-refractivity contribution in [3.05, 3.63) is 20.8 Å². The molecule has 1 nitrogen and oxygen atoms in total. The Morgan fingerprint density at radius 2 is 2.43 bits per heavy atom. The van der Waals surface area contributed by atoms with Gasteiger partial charge < -0.3 is 5.32 Å². The number of hydrogen-bond donors (Lipinski definition) is 1. The highest BCUT2D eigenvalue weighted by Crippen LogP contribution is 2.26. The van der Waals surface area contributed by atoms with Crippen LogP contribution in [0.2, 0.25) is 0 Å². The minimum absolute atomic E-state index is 0.746. The van der Waals surface area contributed by atoms with E-state index in [1.807, 2.05) is 11.3 Å². The standard InChI is InChI=1S/C11H16BrNS/c1-8-3-2-4-11(8)13-6-10-5-9(12)7-14-10/h5,7-8,11,13H,2-4,6H2,1H3/t8-,11+/m1/s1. The molecule has 0 unspecified atom stereocenters. The van der Waals surface area contributed by atoms with Crippen molar-refractivity contribution >= 4 is 27.3 Å². The Bertz CT molecular complexity index is 297. The van der Waals surface area contributed by atoms with E-state index >= 15 is 0 Å². The first-order valence-electron chi connectivity index (χ1n) is 5.22. The van der Waals surface area contributed by atoms with Crippen LogP contribution in [0.1, 0.15) is 31.1 Å². The average molecular weight is 274 g/mol. The van der Waals surface area contributed by atoms with Crippen LogP contribution in [0.25, 0.3) is 0 Å². The van der Waals surface area contributed by atoms with Crippen LogP contribution in [0, 0.1) is 5.92 Å². The highest BCUT2D eigenvalue weighted by Gasteiger charge is 2.22. The second-order valence-corrected chi connectivity index (χ2v) is 6.04. The summed E-state index contributed by atoms with van der Waals surface area (Å²) in [5.74, 6) is 0.860. The van der Waals surface area contributed by atoms with E-state index in [0.29, 0.717) is 0 Å². The highest BCUT2D eigenvalue weighted by atomic mass is 79.9. The predicted molar refractivity (Wildman–Crippen MR) is 65.7 cm³/mol. The van der Waals surface area contributed by atoms with Crippen LogP contribution in [-0.4, -0.2) is 6.04 Å². The number of hydrogen-bond acceptors (Lipinski definition) is 2. The van der Waals surface area contributed by atoms with Crippen molar-refractivity contribution < 1.29 is 0 Å². The molecule has 1 aromatic rings. The summed E-state index contributed by atoms with van der Waals surface area (Å²) in [5, 5.41) is 5.80. The third-order valence-electron chi connectivity index (χ3n) is 3.02. The third-order valence-corrected chi connectivity index (χ3v) is 4.72. The summed E-state index contributed by atoms with van der Waals surface area (Å²) in [7, 11) is 0. The summed E-state index contributed by atoms with van der Waals surface area (Å²) in [6.45, 7) is 3.39. The van der Waals surface area contributed by atoms with Gasteiger partial charge in [0.2, 0.25) is 0 Å². The second kappa shape index (κ2) is 4.77. The van der Waals surface area contributed by atoms with E-state index in [0.717, 1.165) is 18.5 Å². The molecule has 1 fully saturated rings. The molecule has 1 aliphatic carbocycles. The molecule has 3 heteroatoms. The van der Waals surface area contributed by atoms with Gasteiger partial charge in [-0.05, 0) is 40.8 Å². The predicted octanol–water partition coefficient (Wildman–Crippen LogP) is 3.79. The highest BCUT2D eigenvalue weighted by molar-refractivity contribution is 9.10. The van der Waals surface area contributed by atoms with Crippen molar-refractivity contribution in [3.63, 3.8) is 0 Å². The van der Waals surface area contributed by atoms with E-state index in [1.54, 1.807) is 0 Å². The minimum Gasteiger partial charge on any atom is -0.309 e. The van der Waals surface area contributed by atoms with Crippen LogP contribution < -0.4 is 5.32 Å². The number of rotatable bonds is 3. The van der Waals surface area contributed by atoms with Gasteiger partial charge >= 0.3 is 0 Å². The molecular formula is C11H16BrNS. The lowest BCUT2D eigenvalue weighted by atomic mass is 10.1. The summed E-state index contributed by atoms with van der Waals surface area (Å²) in [5.41, 5.74) is 0. The summed E-state index contributed by atoms with van der Waals surface area (Å²) >= 11 is 5.30. The fourth-order valence-corrected chi connectivity index (χ4v) is 3.53. The van der Waals surface area contributed by atoms with Crippen molar-refractivity contribution in [3.8, 4) is 0 Å². The lowest BCUT2D eigenvalue weighted by molar-refractivity contribution is 0.427. The molecular weight excluding hydrogens is 258 g/mol.